The fourth-order valence-electron chi connectivity index (χ4n) is 5.49. The topological polar surface area (TPSA) is 278 Å². The highest BCUT2D eigenvalue weighted by molar-refractivity contribution is 5.92. The quantitative estimate of drug-likeness (QED) is 0.0577. The number of carboxylic acid groups (broad SMARTS) is 2. The summed E-state index contributed by atoms with van der Waals surface area (Å²) in [6.45, 7) is 0. The Labute approximate surface area is 292 Å². The van der Waals surface area contributed by atoms with Gasteiger partial charge in [0.05, 0.1) is 0 Å². The van der Waals surface area contributed by atoms with Gasteiger partial charge in [0.25, 0.3) is 0 Å². The largest absolute Gasteiger partial charge is 0.504 e. The molecule has 0 aromatic heterocycles. The first-order chi connectivity index (χ1) is 24.6. The summed E-state index contributed by atoms with van der Waals surface area (Å²) >= 11 is 0. The number of carbonyl (C=O) groups excluding carboxylic acids is 2. The van der Waals surface area contributed by atoms with Crippen LogP contribution in [0.4, 0.5) is 0 Å². The third kappa shape index (κ3) is 7.86. The normalized spacial score (nSPS) is 16.0. The van der Waals surface area contributed by atoms with Crippen LogP contribution in [-0.4, -0.2) is 82.0 Å². The number of esters is 2. The van der Waals surface area contributed by atoms with Crippen LogP contribution >= 0.6 is 0 Å². The molecule has 0 aliphatic carbocycles. The monoisotopic (exact) mass is 718 g/mol. The van der Waals surface area contributed by atoms with Gasteiger partial charge in [-0.1, -0.05) is 24.3 Å². The van der Waals surface area contributed by atoms with Crippen LogP contribution in [0.1, 0.15) is 39.8 Å². The smallest absolute Gasteiger partial charge is 0.345 e. The molecule has 0 fully saturated rings. The van der Waals surface area contributed by atoms with E-state index < -0.39 is 94.8 Å². The van der Waals surface area contributed by atoms with Gasteiger partial charge in [0.1, 0.15) is 12.0 Å². The van der Waals surface area contributed by atoms with Gasteiger partial charge in [0.2, 0.25) is 12.2 Å². The van der Waals surface area contributed by atoms with Gasteiger partial charge in [0.15, 0.2) is 46.0 Å². The van der Waals surface area contributed by atoms with Gasteiger partial charge in [-0.25, -0.2) is 14.4 Å². The van der Waals surface area contributed by atoms with Crippen LogP contribution in [-0.2, 0) is 41.5 Å². The Hall–Kier alpha value is -7.10. The number of hydrogen-bond donors (Lipinski definition) is 9. The maximum absolute atomic E-state index is 13.9. The predicted molar refractivity (Wildman–Crippen MR) is 175 cm³/mol. The molecule has 0 saturated heterocycles. The van der Waals surface area contributed by atoms with Crippen LogP contribution in [0.15, 0.2) is 72.8 Å². The Morgan fingerprint density at radius 2 is 1.13 bits per heavy atom. The van der Waals surface area contributed by atoms with Crippen molar-refractivity contribution < 1.29 is 79.3 Å². The highest BCUT2D eigenvalue weighted by Gasteiger charge is 2.46. The summed E-state index contributed by atoms with van der Waals surface area (Å²) in [6.07, 6.45) is -3.85. The molecule has 4 aromatic rings. The number of phenols is 7. The zero-order valence-electron chi connectivity index (χ0n) is 26.6. The van der Waals surface area contributed by atoms with Crippen molar-refractivity contribution in [3.05, 3.63) is 101 Å². The van der Waals surface area contributed by atoms with E-state index in [1.54, 1.807) is 0 Å². The van der Waals surface area contributed by atoms with Gasteiger partial charge < -0.3 is 60.2 Å². The van der Waals surface area contributed by atoms with Crippen molar-refractivity contribution in [2.45, 2.75) is 37.1 Å². The molecule has 1 aliphatic rings. The van der Waals surface area contributed by atoms with Crippen LogP contribution in [0, 0.1) is 0 Å². The van der Waals surface area contributed by atoms with Gasteiger partial charge in [-0.05, 0) is 70.8 Å². The molecule has 0 spiro atoms. The van der Waals surface area contributed by atoms with E-state index in [1.165, 1.54) is 24.3 Å². The molecule has 0 bridgehead atoms. The summed E-state index contributed by atoms with van der Waals surface area (Å²) in [7, 11) is 0. The number of rotatable bonds is 12. The molecule has 4 aromatic carbocycles. The average Bonchev–Trinajstić information content (AvgIpc) is 3.50. The Bertz CT molecular complexity index is 2090. The second-order valence-electron chi connectivity index (χ2n) is 11.6. The molecule has 1 aliphatic heterocycles. The summed E-state index contributed by atoms with van der Waals surface area (Å²) in [5, 5.41) is 89.1. The molecule has 270 valence electrons. The van der Waals surface area contributed by atoms with Gasteiger partial charge in [-0.15, -0.1) is 0 Å². The van der Waals surface area contributed by atoms with Gasteiger partial charge in [-0.3, -0.25) is 4.79 Å². The Morgan fingerprint density at radius 1 is 0.635 bits per heavy atom. The lowest BCUT2D eigenvalue weighted by Crippen LogP contribution is -2.33. The van der Waals surface area contributed by atoms with Crippen molar-refractivity contribution in [2.24, 2.45) is 0 Å². The highest BCUT2D eigenvalue weighted by Crippen LogP contribution is 2.53. The summed E-state index contributed by atoms with van der Waals surface area (Å²) < 4.78 is 16.5. The maximum atomic E-state index is 13.9. The van der Waals surface area contributed by atoms with Crippen molar-refractivity contribution in [1.82, 2.24) is 0 Å². The SMILES string of the molecule is O=C(/C=C/c1ccc(O)c2c1[C@H](C(=O)O[C@H](Cc1ccc(O)c(O)c1)C(=O)O)[C@H](c1ccc(O)c(O)c1)O2)O[C@@H](Cc1ccc(O)c(O)c1)C(=O)O. The number of phenolic OH excluding ortho intramolecular Hbond substituents is 7. The van der Waals surface area contributed by atoms with Gasteiger partial charge in [-0.2, -0.15) is 0 Å². The number of hydrogen-bond acceptors (Lipinski definition) is 14. The molecule has 0 radical (unpaired) electrons. The summed E-state index contributed by atoms with van der Waals surface area (Å²) in [5.74, 6) is -10.8. The first-order valence-corrected chi connectivity index (χ1v) is 15.2. The lowest BCUT2D eigenvalue weighted by Gasteiger charge is -2.22. The molecule has 9 N–H and O–H groups in total. The summed E-state index contributed by atoms with van der Waals surface area (Å²) in [6, 6.07) is 13.0. The van der Waals surface area contributed by atoms with E-state index in [0.29, 0.717) is 0 Å². The molecule has 4 atom stereocenters. The Balaban J connectivity index is 1.47. The molecule has 0 amide bonds. The summed E-state index contributed by atoms with van der Waals surface area (Å²) in [5.41, 5.74) is 0.445. The minimum absolute atomic E-state index is 0.0443. The minimum Gasteiger partial charge on any atom is -0.504 e. The number of fused-ring (bicyclic) bond motifs is 1. The number of aromatic hydroxyl groups is 7. The Kier molecular flexibility index (Phi) is 10.3. The van der Waals surface area contributed by atoms with E-state index in [1.807, 2.05) is 0 Å². The highest BCUT2D eigenvalue weighted by atomic mass is 16.6. The third-order valence-corrected chi connectivity index (χ3v) is 8.04. The number of aliphatic carboxylic acids is 2. The molecular weight excluding hydrogens is 688 g/mol. The second kappa shape index (κ2) is 14.8. The van der Waals surface area contributed by atoms with Gasteiger partial charge >= 0.3 is 23.9 Å². The lowest BCUT2D eigenvalue weighted by molar-refractivity contribution is -0.166. The molecule has 0 saturated carbocycles. The zero-order chi connectivity index (χ0) is 37.9. The van der Waals surface area contributed by atoms with E-state index in [9.17, 15) is 65.1 Å². The molecule has 52 heavy (non-hydrogen) atoms. The van der Waals surface area contributed by atoms with Crippen LogP contribution in [0.25, 0.3) is 6.08 Å². The fraction of sp³-hybridized carbons (Fsp3) is 0.167. The fourth-order valence-corrected chi connectivity index (χ4v) is 5.49. The Morgan fingerprint density at radius 3 is 1.65 bits per heavy atom. The van der Waals surface area contributed by atoms with Crippen LogP contribution in [0.2, 0.25) is 0 Å². The first-order valence-electron chi connectivity index (χ1n) is 15.2. The van der Waals surface area contributed by atoms with Crippen molar-refractivity contribution >= 4 is 30.0 Å². The van der Waals surface area contributed by atoms with E-state index in [0.717, 1.165) is 54.6 Å². The molecule has 1 heterocycles. The van der Waals surface area contributed by atoms with Crippen molar-refractivity contribution in [3.8, 4) is 46.0 Å². The van der Waals surface area contributed by atoms with E-state index in [4.69, 9.17) is 14.2 Å². The van der Waals surface area contributed by atoms with Crippen molar-refractivity contribution in [3.63, 3.8) is 0 Å². The van der Waals surface area contributed by atoms with E-state index in [-0.39, 0.29) is 40.0 Å². The second-order valence-corrected chi connectivity index (χ2v) is 11.6. The van der Waals surface area contributed by atoms with Gasteiger partial charge in [0, 0.05) is 24.5 Å². The molecule has 5 rings (SSSR count). The third-order valence-electron chi connectivity index (χ3n) is 8.04. The lowest BCUT2D eigenvalue weighted by atomic mass is 9.87. The first kappa shape index (κ1) is 36.2. The number of carboxylic acids is 2. The minimum atomic E-state index is -1.84. The maximum Gasteiger partial charge on any atom is 0.345 e. The molecule has 0 unspecified atom stereocenters. The van der Waals surface area contributed by atoms with Crippen LogP contribution < -0.4 is 4.74 Å². The van der Waals surface area contributed by atoms with Crippen LogP contribution in [0.5, 0.6) is 46.0 Å². The molecule has 16 nitrogen and oxygen atoms in total. The summed E-state index contributed by atoms with van der Waals surface area (Å²) in [4.78, 5) is 50.9. The number of benzene rings is 4. The molecule has 16 heteroatoms. The zero-order valence-corrected chi connectivity index (χ0v) is 26.6. The number of ether oxygens (including phenoxy) is 3. The number of carbonyl (C=O) groups is 4. The molecular formula is C36H30O16. The standard InChI is InChI=1S/C36H30O16/c37-20-6-1-16(11-24(20)41)13-27(34(45)46)50-29(44)10-5-18-3-9-23(40)33-30(18)31(32(52-33)19-4-8-22(39)26(43)15-19)36(49)51-28(35(47)48)14-17-2-7-21(38)25(42)12-17/h1-12,15,27-28,31-32,37-43H,13-14H2,(H,45,46)(H,47,48)/b10-5+/t27-,28+,31-,32-/m0/s1. The van der Waals surface area contributed by atoms with E-state index in [2.05, 4.69) is 0 Å². The average molecular weight is 719 g/mol. The van der Waals surface area contributed by atoms with E-state index >= 15 is 0 Å². The predicted octanol–water partition coefficient (Wildman–Crippen LogP) is 3.33. The van der Waals surface area contributed by atoms with Crippen molar-refractivity contribution in [1.29, 1.82) is 0 Å². The van der Waals surface area contributed by atoms with Crippen molar-refractivity contribution in [2.75, 3.05) is 0 Å². The van der Waals surface area contributed by atoms with Crippen LogP contribution in [0.3, 0.4) is 0 Å².